The maximum Gasteiger partial charge on any atom is 0.233 e. The molecule has 0 unspecified atom stereocenters. The van der Waals surface area contributed by atoms with Gasteiger partial charge in [-0.15, -0.1) is 11.3 Å². The molecule has 0 amide bonds. The van der Waals surface area contributed by atoms with E-state index in [0.717, 1.165) is 5.69 Å². The lowest BCUT2D eigenvalue weighted by Crippen LogP contribution is -1.90. The van der Waals surface area contributed by atoms with Crippen LogP contribution in [0.25, 0.3) is 11.5 Å². The number of nitrogens with two attached hydrogens (primary N) is 1. The van der Waals surface area contributed by atoms with E-state index in [-0.39, 0.29) is 0 Å². The molecule has 0 atom stereocenters. The highest BCUT2D eigenvalue weighted by Gasteiger charge is 2.12. The zero-order valence-corrected chi connectivity index (χ0v) is 9.31. The quantitative estimate of drug-likeness (QED) is 0.692. The van der Waals surface area contributed by atoms with Crippen molar-refractivity contribution in [3.05, 3.63) is 23.2 Å². The van der Waals surface area contributed by atoms with Gasteiger partial charge in [0.05, 0.1) is 18.3 Å². The van der Waals surface area contributed by atoms with Crippen molar-refractivity contribution in [1.29, 1.82) is 0 Å². The minimum absolute atomic E-state index is 0.400. The molecule has 0 aliphatic carbocycles. The molecular formula is C8H7N7OS. The fraction of sp³-hybridized carbons (Fsp3) is 0.125. The van der Waals surface area contributed by atoms with Gasteiger partial charge in [-0.25, -0.2) is 4.98 Å². The first kappa shape index (κ1) is 9.90. The first-order chi connectivity index (χ1) is 8.31. The largest absolute Gasteiger partial charge is 0.375 e. The Bertz CT molecular complexity index is 613. The highest BCUT2D eigenvalue weighted by molar-refractivity contribution is 7.13. The average molecular weight is 249 g/mol. The SMILES string of the molecule is Nc1nc(Cc2nc(-c3cn[nH]n3)no2)cs1. The normalized spacial score (nSPS) is 10.8. The van der Waals surface area contributed by atoms with E-state index in [4.69, 9.17) is 10.3 Å². The third-order valence-electron chi connectivity index (χ3n) is 2.01. The van der Waals surface area contributed by atoms with E-state index >= 15 is 0 Å². The van der Waals surface area contributed by atoms with Crippen LogP contribution in [0, 0.1) is 0 Å². The van der Waals surface area contributed by atoms with Crippen LogP contribution in [0.15, 0.2) is 16.1 Å². The number of nitrogen functional groups attached to an aromatic ring is 1. The van der Waals surface area contributed by atoms with Gasteiger partial charge in [-0.05, 0) is 0 Å². The van der Waals surface area contributed by atoms with Crippen molar-refractivity contribution >= 4 is 16.5 Å². The van der Waals surface area contributed by atoms with Crippen LogP contribution in [-0.4, -0.2) is 30.5 Å². The van der Waals surface area contributed by atoms with Crippen molar-refractivity contribution < 1.29 is 4.52 Å². The first-order valence-corrected chi connectivity index (χ1v) is 5.58. The van der Waals surface area contributed by atoms with Gasteiger partial charge in [0.1, 0.15) is 0 Å². The summed E-state index contributed by atoms with van der Waals surface area (Å²) in [5, 5.41) is 16.2. The Morgan fingerprint density at radius 3 is 3.06 bits per heavy atom. The predicted molar refractivity (Wildman–Crippen MR) is 59.0 cm³/mol. The summed E-state index contributed by atoms with van der Waals surface area (Å²) in [6, 6.07) is 0. The summed E-state index contributed by atoms with van der Waals surface area (Å²) in [4.78, 5) is 8.29. The molecule has 86 valence electrons. The van der Waals surface area contributed by atoms with Crippen molar-refractivity contribution in [2.24, 2.45) is 0 Å². The van der Waals surface area contributed by atoms with Crippen molar-refractivity contribution in [3.63, 3.8) is 0 Å². The van der Waals surface area contributed by atoms with E-state index in [9.17, 15) is 0 Å². The van der Waals surface area contributed by atoms with Crippen LogP contribution in [0.2, 0.25) is 0 Å². The van der Waals surface area contributed by atoms with Crippen molar-refractivity contribution in [2.75, 3.05) is 5.73 Å². The Balaban J connectivity index is 1.81. The average Bonchev–Trinajstić information content (AvgIpc) is 3.00. The van der Waals surface area contributed by atoms with Crippen LogP contribution in [0.5, 0.6) is 0 Å². The van der Waals surface area contributed by atoms with E-state index in [0.29, 0.717) is 29.0 Å². The summed E-state index contributed by atoms with van der Waals surface area (Å²) in [7, 11) is 0. The Morgan fingerprint density at radius 1 is 1.41 bits per heavy atom. The molecule has 3 heterocycles. The number of rotatable bonds is 3. The summed E-state index contributed by atoms with van der Waals surface area (Å²) in [5.74, 6) is 0.866. The van der Waals surface area contributed by atoms with Crippen molar-refractivity contribution in [2.45, 2.75) is 6.42 Å². The van der Waals surface area contributed by atoms with Gasteiger partial charge in [0.2, 0.25) is 11.7 Å². The Kier molecular flexibility index (Phi) is 2.29. The van der Waals surface area contributed by atoms with Crippen LogP contribution >= 0.6 is 11.3 Å². The maximum absolute atomic E-state index is 5.53. The molecule has 0 fully saturated rings. The molecule has 0 aliphatic heterocycles. The predicted octanol–water partition coefficient (Wildman–Crippen LogP) is 0.484. The van der Waals surface area contributed by atoms with Gasteiger partial charge in [-0.2, -0.15) is 20.4 Å². The second kappa shape index (κ2) is 3.94. The third kappa shape index (κ3) is 1.99. The molecule has 0 bridgehead atoms. The van der Waals surface area contributed by atoms with E-state index in [2.05, 4.69) is 30.5 Å². The number of H-pyrrole nitrogens is 1. The topological polar surface area (TPSA) is 119 Å². The van der Waals surface area contributed by atoms with E-state index in [1.54, 1.807) is 0 Å². The smallest absolute Gasteiger partial charge is 0.233 e. The summed E-state index contributed by atoms with van der Waals surface area (Å²) in [6.45, 7) is 0. The number of aromatic nitrogens is 6. The van der Waals surface area contributed by atoms with Crippen LogP contribution in [0.1, 0.15) is 11.6 Å². The molecular weight excluding hydrogens is 242 g/mol. The van der Waals surface area contributed by atoms with Gasteiger partial charge in [0, 0.05) is 5.38 Å². The van der Waals surface area contributed by atoms with Crippen LogP contribution in [0.4, 0.5) is 5.13 Å². The second-order valence-electron chi connectivity index (χ2n) is 3.22. The Labute approximate surface area is 98.9 Å². The number of thiazole rings is 1. The Morgan fingerprint density at radius 2 is 2.35 bits per heavy atom. The van der Waals surface area contributed by atoms with E-state index in [1.807, 2.05) is 5.38 Å². The number of hydrogen-bond acceptors (Lipinski definition) is 8. The highest BCUT2D eigenvalue weighted by atomic mass is 32.1. The molecule has 0 aromatic carbocycles. The standard InChI is InChI=1S/C8H7N7OS/c9-8-11-4(3-17-8)1-6-12-7(14-16-6)5-2-10-15-13-5/h2-3H,1H2,(H2,9,11)(H,10,13,15). The lowest BCUT2D eigenvalue weighted by atomic mass is 10.3. The van der Waals surface area contributed by atoms with Gasteiger partial charge in [-0.1, -0.05) is 5.16 Å². The molecule has 3 N–H and O–H groups in total. The fourth-order valence-electron chi connectivity index (χ4n) is 1.30. The summed E-state index contributed by atoms with van der Waals surface area (Å²) in [6.07, 6.45) is 1.98. The molecule has 0 radical (unpaired) electrons. The van der Waals surface area contributed by atoms with Crippen LogP contribution in [0.3, 0.4) is 0 Å². The van der Waals surface area contributed by atoms with E-state index in [1.165, 1.54) is 17.5 Å². The minimum atomic E-state index is 0.400. The van der Waals surface area contributed by atoms with Gasteiger partial charge in [0.15, 0.2) is 10.8 Å². The molecule has 3 rings (SSSR count). The second-order valence-corrected chi connectivity index (χ2v) is 4.11. The molecule has 0 saturated carbocycles. The molecule has 0 spiro atoms. The van der Waals surface area contributed by atoms with Gasteiger partial charge in [0.25, 0.3) is 0 Å². The molecule has 0 aliphatic rings. The number of hydrogen-bond donors (Lipinski definition) is 2. The summed E-state index contributed by atoms with van der Waals surface area (Å²) < 4.78 is 5.08. The molecule has 17 heavy (non-hydrogen) atoms. The van der Waals surface area contributed by atoms with E-state index < -0.39 is 0 Å². The first-order valence-electron chi connectivity index (χ1n) is 4.70. The minimum Gasteiger partial charge on any atom is -0.375 e. The lowest BCUT2D eigenvalue weighted by molar-refractivity contribution is 0.385. The zero-order valence-electron chi connectivity index (χ0n) is 8.49. The number of aromatic amines is 1. The van der Waals surface area contributed by atoms with Gasteiger partial charge in [-0.3, -0.25) is 0 Å². The summed E-state index contributed by atoms with van der Waals surface area (Å²) in [5.41, 5.74) is 6.88. The molecule has 8 nitrogen and oxygen atoms in total. The number of nitrogens with one attached hydrogen (secondary N) is 1. The maximum atomic E-state index is 5.53. The monoisotopic (exact) mass is 249 g/mol. The van der Waals surface area contributed by atoms with Gasteiger partial charge >= 0.3 is 0 Å². The van der Waals surface area contributed by atoms with Crippen LogP contribution in [-0.2, 0) is 6.42 Å². The van der Waals surface area contributed by atoms with Crippen molar-refractivity contribution in [1.82, 2.24) is 30.5 Å². The molecule has 9 heteroatoms. The summed E-state index contributed by atoms with van der Waals surface area (Å²) >= 11 is 1.38. The molecule has 3 aromatic heterocycles. The number of nitrogens with zero attached hydrogens (tertiary/aromatic N) is 5. The third-order valence-corrected chi connectivity index (χ3v) is 2.74. The highest BCUT2D eigenvalue weighted by Crippen LogP contribution is 2.16. The molecule has 3 aromatic rings. The molecule has 0 saturated heterocycles. The Hall–Kier alpha value is -2.29. The van der Waals surface area contributed by atoms with Crippen molar-refractivity contribution in [3.8, 4) is 11.5 Å². The number of anilines is 1. The van der Waals surface area contributed by atoms with Gasteiger partial charge < -0.3 is 10.3 Å². The fourth-order valence-corrected chi connectivity index (χ4v) is 1.86. The van der Waals surface area contributed by atoms with Crippen LogP contribution < -0.4 is 5.73 Å². The lowest BCUT2D eigenvalue weighted by Gasteiger charge is -1.86. The zero-order chi connectivity index (χ0) is 11.7.